The van der Waals surface area contributed by atoms with Crippen molar-refractivity contribution in [2.24, 2.45) is 5.73 Å². The summed E-state index contributed by atoms with van der Waals surface area (Å²) < 4.78 is 10.7. The van der Waals surface area contributed by atoms with E-state index in [1.165, 1.54) is 0 Å². The number of aryl methyl sites for hydroxylation is 1. The molecule has 13 heavy (non-hydrogen) atoms. The molecule has 0 aliphatic carbocycles. The first kappa shape index (κ1) is 8.38. The number of nitrogens with two attached hydrogens (primary N) is 1. The minimum atomic E-state index is -0.00972. The first-order valence-corrected chi connectivity index (χ1v) is 4.30. The van der Waals surface area contributed by atoms with Crippen LogP contribution >= 0.6 is 0 Å². The number of benzene rings is 1. The molecule has 0 saturated heterocycles. The molecule has 70 valence electrons. The second-order valence-corrected chi connectivity index (χ2v) is 3.25. The molecule has 0 fully saturated rings. The summed E-state index contributed by atoms with van der Waals surface area (Å²) in [4.78, 5) is 0. The van der Waals surface area contributed by atoms with Gasteiger partial charge in [-0.25, -0.2) is 0 Å². The van der Waals surface area contributed by atoms with Crippen molar-refractivity contribution in [3.05, 3.63) is 23.3 Å². The van der Waals surface area contributed by atoms with E-state index in [-0.39, 0.29) is 6.04 Å². The molecule has 0 aromatic heterocycles. The van der Waals surface area contributed by atoms with Gasteiger partial charge in [0.05, 0.1) is 13.2 Å². The summed E-state index contributed by atoms with van der Waals surface area (Å²) in [6.45, 7) is 2.54. The molecular weight excluding hydrogens is 166 g/mol. The fraction of sp³-hybridized carbons (Fsp3) is 0.400. The Kier molecular flexibility index (Phi) is 1.88. The lowest BCUT2D eigenvalue weighted by atomic mass is 10.1. The van der Waals surface area contributed by atoms with Crippen LogP contribution in [-0.2, 0) is 0 Å². The van der Waals surface area contributed by atoms with E-state index in [0.29, 0.717) is 6.61 Å². The zero-order valence-electron chi connectivity index (χ0n) is 7.83. The van der Waals surface area contributed by atoms with Crippen LogP contribution in [0.15, 0.2) is 12.1 Å². The summed E-state index contributed by atoms with van der Waals surface area (Å²) >= 11 is 0. The molecule has 0 spiro atoms. The standard InChI is InChI=1S/C10H13NO2/c1-6-3-4-7-8(11)5-13-10(7)9(6)12-2/h3-4,8H,5,11H2,1-2H3. The van der Waals surface area contributed by atoms with Crippen LogP contribution in [0, 0.1) is 6.92 Å². The van der Waals surface area contributed by atoms with Gasteiger partial charge in [-0.2, -0.15) is 0 Å². The van der Waals surface area contributed by atoms with Crippen molar-refractivity contribution >= 4 is 0 Å². The van der Waals surface area contributed by atoms with Crippen LogP contribution in [0.5, 0.6) is 11.5 Å². The van der Waals surface area contributed by atoms with Crippen LogP contribution in [0.2, 0.25) is 0 Å². The van der Waals surface area contributed by atoms with Crippen LogP contribution in [0.25, 0.3) is 0 Å². The van der Waals surface area contributed by atoms with Crippen molar-refractivity contribution in [1.82, 2.24) is 0 Å². The predicted molar refractivity (Wildman–Crippen MR) is 50.2 cm³/mol. The molecule has 0 bridgehead atoms. The molecule has 0 amide bonds. The SMILES string of the molecule is COc1c(C)ccc2c1OCC2N. The zero-order valence-corrected chi connectivity index (χ0v) is 7.83. The highest BCUT2D eigenvalue weighted by Gasteiger charge is 2.24. The van der Waals surface area contributed by atoms with Gasteiger partial charge in [-0.05, 0) is 12.5 Å². The van der Waals surface area contributed by atoms with Crippen LogP contribution < -0.4 is 15.2 Å². The maximum Gasteiger partial charge on any atom is 0.166 e. The molecule has 1 aromatic carbocycles. The monoisotopic (exact) mass is 179 g/mol. The normalized spacial score (nSPS) is 19.5. The molecular formula is C10H13NO2. The van der Waals surface area contributed by atoms with E-state index < -0.39 is 0 Å². The molecule has 1 aromatic rings. The number of rotatable bonds is 1. The summed E-state index contributed by atoms with van der Waals surface area (Å²) in [6.07, 6.45) is 0. The number of fused-ring (bicyclic) bond motifs is 1. The Balaban J connectivity index is 2.57. The van der Waals surface area contributed by atoms with Crippen molar-refractivity contribution in [1.29, 1.82) is 0 Å². The maximum atomic E-state index is 5.84. The highest BCUT2D eigenvalue weighted by Crippen LogP contribution is 2.41. The number of methoxy groups -OCH3 is 1. The van der Waals surface area contributed by atoms with Crippen molar-refractivity contribution < 1.29 is 9.47 Å². The lowest BCUT2D eigenvalue weighted by Gasteiger charge is -2.09. The largest absolute Gasteiger partial charge is 0.493 e. The van der Waals surface area contributed by atoms with E-state index in [0.717, 1.165) is 22.6 Å². The predicted octanol–water partition coefficient (Wildman–Crippen LogP) is 1.40. The van der Waals surface area contributed by atoms with Gasteiger partial charge in [0.25, 0.3) is 0 Å². The first-order chi connectivity index (χ1) is 6.24. The Morgan fingerprint density at radius 1 is 1.54 bits per heavy atom. The molecule has 3 nitrogen and oxygen atoms in total. The molecule has 1 atom stereocenters. The summed E-state index contributed by atoms with van der Waals surface area (Å²) in [5, 5.41) is 0. The topological polar surface area (TPSA) is 44.5 Å². The fourth-order valence-corrected chi connectivity index (χ4v) is 1.63. The van der Waals surface area contributed by atoms with Gasteiger partial charge < -0.3 is 15.2 Å². The van der Waals surface area contributed by atoms with Gasteiger partial charge in [0.15, 0.2) is 11.5 Å². The molecule has 1 aliphatic heterocycles. The molecule has 0 saturated carbocycles. The average molecular weight is 179 g/mol. The van der Waals surface area contributed by atoms with Gasteiger partial charge in [0.2, 0.25) is 0 Å². The number of ether oxygens (including phenoxy) is 2. The highest BCUT2D eigenvalue weighted by atomic mass is 16.5. The Hall–Kier alpha value is -1.22. The van der Waals surface area contributed by atoms with Crippen molar-refractivity contribution in [3.8, 4) is 11.5 Å². The summed E-state index contributed by atoms with van der Waals surface area (Å²) in [5.41, 5.74) is 7.96. The third kappa shape index (κ3) is 1.16. The smallest absolute Gasteiger partial charge is 0.166 e. The van der Waals surface area contributed by atoms with Gasteiger partial charge in [-0.15, -0.1) is 0 Å². The van der Waals surface area contributed by atoms with Gasteiger partial charge in [0.1, 0.15) is 6.61 Å². The quantitative estimate of drug-likeness (QED) is 0.708. The molecule has 1 unspecified atom stereocenters. The van der Waals surface area contributed by atoms with E-state index in [1.807, 2.05) is 19.1 Å². The van der Waals surface area contributed by atoms with E-state index in [1.54, 1.807) is 7.11 Å². The molecule has 2 N–H and O–H groups in total. The Morgan fingerprint density at radius 3 is 3.00 bits per heavy atom. The Bertz CT molecular complexity index is 336. The molecule has 0 radical (unpaired) electrons. The third-order valence-corrected chi connectivity index (χ3v) is 2.35. The van der Waals surface area contributed by atoms with Crippen molar-refractivity contribution in [2.75, 3.05) is 13.7 Å². The zero-order chi connectivity index (χ0) is 9.42. The van der Waals surface area contributed by atoms with E-state index in [9.17, 15) is 0 Å². The van der Waals surface area contributed by atoms with Crippen LogP contribution in [-0.4, -0.2) is 13.7 Å². The Labute approximate surface area is 77.5 Å². The minimum Gasteiger partial charge on any atom is -0.493 e. The second-order valence-electron chi connectivity index (χ2n) is 3.25. The van der Waals surface area contributed by atoms with Gasteiger partial charge in [-0.1, -0.05) is 12.1 Å². The average Bonchev–Trinajstić information content (AvgIpc) is 2.48. The van der Waals surface area contributed by atoms with Gasteiger partial charge in [0, 0.05) is 5.56 Å². The van der Waals surface area contributed by atoms with Gasteiger partial charge in [-0.3, -0.25) is 0 Å². The van der Waals surface area contributed by atoms with Crippen LogP contribution in [0.3, 0.4) is 0 Å². The van der Waals surface area contributed by atoms with Crippen molar-refractivity contribution in [2.45, 2.75) is 13.0 Å². The van der Waals surface area contributed by atoms with E-state index >= 15 is 0 Å². The molecule has 1 aliphatic rings. The third-order valence-electron chi connectivity index (χ3n) is 2.35. The first-order valence-electron chi connectivity index (χ1n) is 4.30. The fourth-order valence-electron chi connectivity index (χ4n) is 1.63. The lowest BCUT2D eigenvalue weighted by molar-refractivity contribution is 0.310. The summed E-state index contributed by atoms with van der Waals surface area (Å²) in [6, 6.07) is 4.00. The van der Waals surface area contributed by atoms with Crippen molar-refractivity contribution in [3.63, 3.8) is 0 Å². The molecule has 3 heteroatoms. The van der Waals surface area contributed by atoms with Crippen LogP contribution in [0.4, 0.5) is 0 Å². The lowest BCUT2D eigenvalue weighted by Crippen LogP contribution is -2.10. The minimum absolute atomic E-state index is 0.00972. The summed E-state index contributed by atoms with van der Waals surface area (Å²) in [7, 11) is 1.65. The van der Waals surface area contributed by atoms with E-state index in [2.05, 4.69) is 0 Å². The van der Waals surface area contributed by atoms with Gasteiger partial charge >= 0.3 is 0 Å². The molecule has 1 heterocycles. The Morgan fingerprint density at radius 2 is 2.31 bits per heavy atom. The second kappa shape index (κ2) is 2.92. The van der Waals surface area contributed by atoms with E-state index in [4.69, 9.17) is 15.2 Å². The highest BCUT2D eigenvalue weighted by molar-refractivity contribution is 5.54. The number of hydrogen-bond acceptors (Lipinski definition) is 3. The number of hydrogen-bond donors (Lipinski definition) is 1. The molecule has 2 rings (SSSR count). The van der Waals surface area contributed by atoms with Crippen LogP contribution in [0.1, 0.15) is 17.2 Å². The summed E-state index contributed by atoms with van der Waals surface area (Å²) in [5.74, 6) is 1.63. The maximum absolute atomic E-state index is 5.84.